The smallest absolute Gasteiger partial charge is 0.410 e. The van der Waals surface area contributed by atoms with Gasteiger partial charge in [0.05, 0.1) is 0 Å². The van der Waals surface area contributed by atoms with Crippen molar-refractivity contribution < 1.29 is 14.6 Å². The van der Waals surface area contributed by atoms with Crippen LogP contribution in [0.1, 0.15) is 40.0 Å². The molecular weight excluding hydrogens is 206 g/mol. The summed E-state index contributed by atoms with van der Waals surface area (Å²) in [5.74, 6) is 0.350. The van der Waals surface area contributed by atoms with Gasteiger partial charge >= 0.3 is 6.09 Å². The first kappa shape index (κ1) is 13.3. The van der Waals surface area contributed by atoms with Crippen LogP contribution >= 0.6 is 0 Å². The molecule has 1 aliphatic heterocycles. The second kappa shape index (κ2) is 5.53. The van der Waals surface area contributed by atoms with Gasteiger partial charge in [-0.2, -0.15) is 0 Å². The molecule has 0 unspecified atom stereocenters. The minimum atomic E-state index is -0.384. The predicted octanol–water partition coefficient (Wildman–Crippen LogP) is 2.02. The third-order valence-electron chi connectivity index (χ3n) is 3.35. The van der Waals surface area contributed by atoms with Gasteiger partial charge in [-0.3, -0.25) is 0 Å². The van der Waals surface area contributed by atoms with Gasteiger partial charge in [0.2, 0.25) is 0 Å². The van der Waals surface area contributed by atoms with E-state index in [1.54, 1.807) is 4.90 Å². The van der Waals surface area contributed by atoms with Gasteiger partial charge in [-0.15, -0.1) is 0 Å². The summed E-state index contributed by atoms with van der Waals surface area (Å²) in [5.41, 5.74) is -0.384. The maximum absolute atomic E-state index is 11.8. The molecule has 0 radical (unpaired) electrons. The molecule has 0 aliphatic carbocycles. The first-order valence-corrected chi connectivity index (χ1v) is 6.07. The molecule has 0 aromatic heterocycles. The van der Waals surface area contributed by atoms with Crippen LogP contribution in [0, 0.1) is 5.92 Å². The summed E-state index contributed by atoms with van der Waals surface area (Å²) in [4.78, 5) is 13.5. The molecule has 1 amide bonds. The van der Waals surface area contributed by atoms with E-state index >= 15 is 0 Å². The Hall–Kier alpha value is -0.770. The number of likely N-dealkylation sites (tertiary alicyclic amines) is 1. The summed E-state index contributed by atoms with van der Waals surface area (Å²) in [6.45, 7) is 7.47. The van der Waals surface area contributed by atoms with E-state index in [0.29, 0.717) is 19.0 Å². The number of carbonyl (C=O) groups is 1. The van der Waals surface area contributed by atoms with Crippen molar-refractivity contribution in [2.75, 3.05) is 19.7 Å². The quantitative estimate of drug-likeness (QED) is 0.805. The molecule has 0 bridgehead atoms. The molecule has 1 fully saturated rings. The largest absolute Gasteiger partial charge is 0.443 e. The Morgan fingerprint density at radius 2 is 2.00 bits per heavy atom. The van der Waals surface area contributed by atoms with E-state index in [9.17, 15) is 4.79 Å². The Morgan fingerprint density at radius 3 is 2.44 bits per heavy atom. The van der Waals surface area contributed by atoms with Crippen LogP contribution in [0.5, 0.6) is 0 Å². The Kier molecular flexibility index (Phi) is 4.59. The van der Waals surface area contributed by atoms with Crippen LogP contribution in [0.15, 0.2) is 0 Å². The van der Waals surface area contributed by atoms with E-state index in [1.807, 2.05) is 20.8 Å². The zero-order valence-electron chi connectivity index (χ0n) is 10.5. The number of ether oxygens (including phenoxy) is 1. The van der Waals surface area contributed by atoms with Gasteiger partial charge in [0.15, 0.2) is 0 Å². The number of aliphatic hydroxyl groups is 1. The van der Waals surface area contributed by atoms with Crippen molar-refractivity contribution in [1.29, 1.82) is 0 Å². The number of hydrogen-bond donors (Lipinski definition) is 1. The molecule has 4 heteroatoms. The van der Waals surface area contributed by atoms with Crippen LogP contribution in [0.4, 0.5) is 4.79 Å². The van der Waals surface area contributed by atoms with Crippen molar-refractivity contribution in [2.45, 2.75) is 45.6 Å². The van der Waals surface area contributed by atoms with Crippen LogP contribution in [0.2, 0.25) is 0 Å². The number of aliphatic hydroxyl groups excluding tert-OH is 1. The Labute approximate surface area is 97.6 Å². The molecule has 1 heterocycles. The van der Waals surface area contributed by atoms with E-state index in [2.05, 4.69) is 0 Å². The van der Waals surface area contributed by atoms with E-state index in [0.717, 1.165) is 19.3 Å². The standard InChI is InChI=1S/C12H23NO3/c1-4-12(2,3)16-11(15)13-7-5-10(9-14)6-8-13/h10,14H,4-9H2,1-3H3. The third kappa shape index (κ3) is 3.67. The molecule has 1 saturated heterocycles. The van der Waals surface area contributed by atoms with Gasteiger partial charge in [0.25, 0.3) is 0 Å². The van der Waals surface area contributed by atoms with E-state index in [4.69, 9.17) is 9.84 Å². The lowest BCUT2D eigenvalue weighted by atomic mass is 9.98. The number of amides is 1. The minimum Gasteiger partial charge on any atom is -0.443 e. The fraction of sp³-hybridized carbons (Fsp3) is 0.917. The molecular formula is C12H23NO3. The fourth-order valence-corrected chi connectivity index (χ4v) is 1.67. The Balaban J connectivity index is 2.39. The molecule has 0 aromatic rings. The average Bonchev–Trinajstić information content (AvgIpc) is 2.28. The summed E-state index contributed by atoms with van der Waals surface area (Å²) < 4.78 is 5.42. The summed E-state index contributed by atoms with van der Waals surface area (Å²) >= 11 is 0. The molecule has 4 nitrogen and oxygen atoms in total. The van der Waals surface area contributed by atoms with Gasteiger partial charge in [-0.1, -0.05) is 6.92 Å². The van der Waals surface area contributed by atoms with Crippen molar-refractivity contribution in [1.82, 2.24) is 4.90 Å². The number of carbonyl (C=O) groups excluding carboxylic acids is 1. The topological polar surface area (TPSA) is 49.8 Å². The first-order chi connectivity index (χ1) is 7.48. The van der Waals surface area contributed by atoms with Crippen molar-refractivity contribution in [3.63, 3.8) is 0 Å². The van der Waals surface area contributed by atoms with E-state index < -0.39 is 0 Å². The van der Waals surface area contributed by atoms with E-state index in [1.165, 1.54) is 0 Å². The summed E-state index contributed by atoms with van der Waals surface area (Å²) in [6, 6.07) is 0. The van der Waals surface area contributed by atoms with E-state index in [-0.39, 0.29) is 18.3 Å². The number of rotatable bonds is 3. The number of piperidine rings is 1. The fourth-order valence-electron chi connectivity index (χ4n) is 1.67. The maximum Gasteiger partial charge on any atom is 0.410 e. The highest BCUT2D eigenvalue weighted by atomic mass is 16.6. The lowest BCUT2D eigenvalue weighted by molar-refractivity contribution is 0.00378. The first-order valence-electron chi connectivity index (χ1n) is 6.07. The maximum atomic E-state index is 11.8. The molecule has 0 atom stereocenters. The van der Waals surface area contributed by atoms with Crippen molar-refractivity contribution >= 4 is 6.09 Å². The Morgan fingerprint density at radius 1 is 1.44 bits per heavy atom. The summed E-state index contributed by atoms with van der Waals surface area (Å²) in [6.07, 6.45) is 2.34. The SMILES string of the molecule is CCC(C)(C)OC(=O)N1CCC(CO)CC1. The highest BCUT2D eigenvalue weighted by Gasteiger charge is 2.27. The lowest BCUT2D eigenvalue weighted by Crippen LogP contribution is -2.42. The van der Waals surface area contributed by atoms with Crippen molar-refractivity contribution in [2.24, 2.45) is 5.92 Å². The van der Waals surface area contributed by atoms with Crippen molar-refractivity contribution in [3.8, 4) is 0 Å². The Bertz CT molecular complexity index is 232. The highest BCUT2D eigenvalue weighted by Crippen LogP contribution is 2.20. The highest BCUT2D eigenvalue weighted by molar-refractivity contribution is 5.68. The minimum absolute atomic E-state index is 0.219. The van der Waals surface area contributed by atoms with Crippen LogP contribution in [-0.4, -0.2) is 41.4 Å². The zero-order valence-corrected chi connectivity index (χ0v) is 10.5. The van der Waals surface area contributed by atoms with Gasteiger partial charge in [0.1, 0.15) is 5.60 Å². The summed E-state index contributed by atoms with van der Waals surface area (Å²) in [5, 5.41) is 9.01. The van der Waals surface area contributed by atoms with Gasteiger partial charge in [-0.25, -0.2) is 4.79 Å². The lowest BCUT2D eigenvalue weighted by Gasteiger charge is -2.33. The van der Waals surface area contributed by atoms with Gasteiger partial charge in [-0.05, 0) is 39.0 Å². The van der Waals surface area contributed by atoms with Crippen LogP contribution in [-0.2, 0) is 4.74 Å². The molecule has 0 spiro atoms. The van der Waals surface area contributed by atoms with Gasteiger partial charge in [0, 0.05) is 19.7 Å². The monoisotopic (exact) mass is 229 g/mol. The molecule has 0 saturated carbocycles. The van der Waals surface area contributed by atoms with Crippen LogP contribution < -0.4 is 0 Å². The third-order valence-corrected chi connectivity index (χ3v) is 3.35. The molecule has 16 heavy (non-hydrogen) atoms. The van der Waals surface area contributed by atoms with Crippen LogP contribution in [0.3, 0.4) is 0 Å². The van der Waals surface area contributed by atoms with Crippen molar-refractivity contribution in [3.05, 3.63) is 0 Å². The number of nitrogens with zero attached hydrogens (tertiary/aromatic N) is 1. The molecule has 1 N–H and O–H groups in total. The summed E-state index contributed by atoms with van der Waals surface area (Å²) in [7, 11) is 0. The van der Waals surface area contributed by atoms with Crippen LogP contribution in [0.25, 0.3) is 0 Å². The normalized spacial score (nSPS) is 18.6. The average molecular weight is 229 g/mol. The second-order valence-electron chi connectivity index (χ2n) is 5.09. The molecule has 94 valence electrons. The zero-order chi connectivity index (χ0) is 12.2. The molecule has 1 aliphatic rings. The molecule has 1 rings (SSSR count). The second-order valence-corrected chi connectivity index (χ2v) is 5.09. The predicted molar refractivity (Wildman–Crippen MR) is 62.2 cm³/mol. The molecule has 0 aromatic carbocycles. The number of hydrogen-bond acceptors (Lipinski definition) is 3. The van der Waals surface area contributed by atoms with Gasteiger partial charge < -0.3 is 14.7 Å².